The molecule has 0 bridgehead atoms. The molecular formula is C20H32O3S. The monoisotopic (exact) mass is 352 g/mol. The predicted octanol–water partition coefficient (Wildman–Crippen LogP) is 4.79. The second-order valence-corrected chi connectivity index (χ2v) is 7.03. The van der Waals surface area contributed by atoms with Gasteiger partial charge in [0.25, 0.3) is 0 Å². The van der Waals surface area contributed by atoms with Crippen LogP contribution in [0.15, 0.2) is 46.6 Å². The minimum atomic E-state index is -2.11. The van der Waals surface area contributed by atoms with Crippen molar-refractivity contribution in [2.75, 3.05) is 6.61 Å². The van der Waals surface area contributed by atoms with E-state index in [1.54, 1.807) is 6.92 Å². The van der Waals surface area contributed by atoms with E-state index in [9.17, 15) is 8.42 Å². The third-order valence-electron chi connectivity index (χ3n) is 3.79. The molecule has 0 aromatic rings. The van der Waals surface area contributed by atoms with Gasteiger partial charge < -0.3 is 5.11 Å². The van der Waals surface area contributed by atoms with Crippen molar-refractivity contribution in [1.29, 1.82) is 0 Å². The molecule has 0 rings (SSSR count). The molecule has 0 amide bonds. The van der Waals surface area contributed by atoms with Gasteiger partial charge in [0.2, 0.25) is 10.3 Å². The highest BCUT2D eigenvalue weighted by molar-refractivity contribution is 7.71. The normalized spacial score (nSPS) is 14.0. The van der Waals surface area contributed by atoms with Gasteiger partial charge >= 0.3 is 0 Å². The largest absolute Gasteiger partial charge is 0.392 e. The van der Waals surface area contributed by atoms with Gasteiger partial charge in [-0.2, -0.15) is 8.42 Å². The molecule has 0 aromatic carbocycles. The summed E-state index contributed by atoms with van der Waals surface area (Å²) in [7, 11) is -2.11. The Kier molecular flexibility index (Phi) is 13.2. The summed E-state index contributed by atoms with van der Waals surface area (Å²) in [6.07, 6.45) is 14.3. The Labute approximate surface area is 149 Å². The van der Waals surface area contributed by atoms with Crippen LogP contribution < -0.4 is 0 Å². The van der Waals surface area contributed by atoms with Gasteiger partial charge in [0, 0.05) is 0 Å². The maximum atomic E-state index is 10.5. The van der Waals surface area contributed by atoms with E-state index in [4.69, 9.17) is 5.11 Å². The average Bonchev–Trinajstić information content (AvgIpc) is 2.46. The fraction of sp³-hybridized carbons (Fsp3) is 0.550. The van der Waals surface area contributed by atoms with Crippen LogP contribution in [-0.2, 0) is 10.3 Å². The first-order chi connectivity index (χ1) is 11.3. The first-order valence-electron chi connectivity index (χ1n) is 8.52. The van der Waals surface area contributed by atoms with Gasteiger partial charge in [-0.1, -0.05) is 41.0 Å². The van der Waals surface area contributed by atoms with Gasteiger partial charge in [0.1, 0.15) is 0 Å². The topological polar surface area (TPSA) is 54.4 Å². The molecule has 24 heavy (non-hydrogen) atoms. The minimum Gasteiger partial charge on any atom is -0.392 e. The smallest absolute Gasteiger partial charge is 0.214 e. The Morgan fingerprint density at radius 1 is 0.750 bits per heavy atom. The van der Waals surface area contributed by atoms with Crippen LogP contribution in [0.1, 0.15) is 66.2 Å². The van der Waals surface area contributed by atoms with Gasteiger partial charge in [-0.05, 0) is 71.8 Å². The van der Waals surface area contributed by atoms with E-state index >= 15 is 0 Å². The van der Waals surface area contributed by atoms with E-state index in [-0.39, 0.29) is 6.61 Å². The Morgan fingerprint density at radius 2 is 1.17 bits per heavy atom. The zero-order valence-corrected chi connectivity index (χ0v) is 16.3. The van der Waals surface area contributed by atoms with Crippen LogP contribution in [0.5, 0.6) is 0 Å². The summed E-state index contributed by atoms with van der Waals surface area (Å²) in [5.41, 5.74) is 4.77. The zero-order chi connectivity index (χ0) is 18.4. The van der Waals surface area contributed by atoms with Gasteiger partial charge in [0.15, 0.2) is 0 Å². The van der Waals surface area contributed by atoms with Crippen LogP contribution >= 0.6 is 0 Å². The summed E-state index contributed by atoms with van der Waals surface area (Å²) in [6.45, 7) is 8.27. The molecule has 0 radical (unpaired) electrons. The lowest BCUT2D eigenvalue weighted by molar-refractivity contribution is 0.341. The van der Waals surface area contributed by atoms with Crippen LogP contribution in [0.3, 0.4) is 0 Å². The average molecular weight is 353 g/mol. The molecule has 0 aromatic heterocycles. The lowest BCUT2D eigenvalue weighted by Crippen LogP contribution is -1.84. The van der Waals surface area contributed by atoms with Crippen molar-refractivity contribution in [1.82, 2.24) is 0 Å². The molecule has 0 spiro atoms. The summed E-state index contributed by atoms with van der Waals surface area (Å²) >= 11 is 0. The molecular weight excluding hydrogens is 320 g/mol. The van der Waals surface area contributed by atoms with Gasteiger partial charge in [-0.3, -0.25) is 0 Å². The molecule has 0 aliphatic rings. The van der Waals surface area contributed by atoms with E-state index in [0.29, 0.717) is 0 Å². The Bertz CT molecular complexity index is 609. The lowest BCUT2D eigenvalue weighted by Gasteiger charge is -2.02. The van der Waals surface area contributed by atoms with Crippen molar-refractivity contribution in [3.63, 3.8) is 0 Å². The summed E-state index contributed by atoms with van der Waals surface area (Å²) in [5.74, 6) is 0. The molecule has 3 nitrogen and oxygen atoms in total. The lowest BCUT2D eigenvalue weighted by atomic mass is 10.0. The number of aliphatic hydroxyl groups is 1. The number of allylic oxidation sites excluding steroid dienone is 7. The maximum Gasteiger partial charge on any atom is 0.214 e. The van der Waals surface area contributed by atoms with E-state index in [0.717, 1.165) is 44.1 Å². The van der Waals surface area contributed by atoms with Crippen molar-refractivity contribution in [2.24, 2.45) is 0 Å². The molecule has 136 valence electrons. The molecule has 0 aliphatic carbocycles. The molecule has 0 heterocycles. The van der Waals surface area contributed by atoms with Gasteiger partial charge in [0.05, 0.1) is 12.0 Å². The van der Waals surface area contributed by atoms with Crippen LogP contribution in [0.25, 0.3) is 0 Å². The highest BCUT2D eigenvalue weighted by atomic mass is 32.2. The molecule has 0 unspecified atom stereocenters. The zero-order valence-electron chi connectivity index (χ0n) is 15.5. The van der Waals surface area contributed by atoms with E-state index in [2.05, 4.69) is 26.0 Å². The molecule has 0 fully saturated rings. The molecule has 0 aliphatic heterocycles. The quantitative estimate of drug-likeness (QED) is 0.330. The van der Waals surface area contributed by atoms with Crippen LogP contribution in [0.2, 0.25) is 0 Å². The number of hydrogen-bond donors (Lipinski definition) is 1. The second kappa shape index (κ2) is 14.0. The fourth-order valence-corrected chi connectivity index (χ4v) is 2.68. The van der Waals surface area contributed by atoms with Crippen molar-refractivity contribution in [3.05, 3.63) is 46.6 Å². The Balaban J connectivity index is 4.12. The SMILES string of the molecule is CC(=CCC/C(C)=C/CO)CC/C=C(\C)CC/C=C(\C)C=S(=O)=O. The first-order valence-corrected chi connectivity index (χ1v) is 9.66. The summed E-state index contributed by atoms with van der Waals surface area (Å²) in [5, 5.41) is 10.1. The molecule has 4 heteroatoms. The van der Waals surface area contributed by atoms with Gasteiger partial charge in [-0.15, -0.1) is 0 Å². The summed E-state index contributed by atoms with van der Waals surface area (Å²) in [6, 6.07) is 0. The number of rotatable bonds is 11. The third-order valence-corrected chi connectivity index (χ3v) is 4.35. The number of aliphatic hydroxyl groups excluding tert-OH is 1. The minimum absolute atomic E-state index is 0.125. The van der Waals surface area contributed by atoms with E-state index in [1.807, 2.05) is 19.1 Å². The van der Waals surface area contributed by atoms with Gasteiger partial charge in [-0.25, -0.2) is 0 Å². The Morgan fingerprint density at radius 3 is 1.58 bits per heavy atom. The van der Waals surface area contributed by atoms with Crippen LogP contribution in [0.4, 0.5) is 0 Å². The standard InChI is InChI=1S/C20H32O3S/c1-17(10-6-12-19(3)14-15-21)8-5-9-18(2)11-7-13-20(4)16-24(22)23/h9-10,13-14,16,21H,5-8,11-12,15H2,1-4H3/b17-10?,18-9+,19-14+,20-13+. The van der Waals surface area contributed by atoms with E-state index < -0.39 is 10.3 Å². The van der Waals surface area contributed by atoms with Crippen LogP contribution in [-0.4, -0.2) is 25.5 Å². The molecule has 0 saturated carbocycles. The molecule has 0 saturated heterocycles. The Hall–Kier alpha value is -1.39. The molecule has 0 atom stereocenters. The van der Waals surface area contributed by atoms with Crippen molar-refractivity contribution < 1.29 is 13.5 Å². The fourth-order valence-electron chi connectivity index (χ4n) is 2.28. The third kappa shape index (κ3) is 14.2. The van der Waals surface area contributed by atoms with E-state index in [1.165, 1.54) is 22.1 Å². The summed E-state index contributed by atoms with van der Waals surface area (Å²) < 4.78 is 21.1. The van der Waals surface area contributed by atoms with Crippen molar-refractivity contribution in [3.8, 4) is 0 Å². The number of hydrogen-bond acceptors (Lipinski definition) is 3. The predicted molar refractivity (Wildman–Crippen MR) is 105 cm³/mol. The summed E-state index contributed by atoms with van der Waals surface area (Å²) in [4.78, 5) is 0. The maximum absolute atomic E-state index is 10.5. The second-order valence-electron chi connectivity index (χ2n) is 6.28. The first kappa shape index (κ1) is 22.6. The molecule has 1 N–H and O–H groups in total. The highest BCUT2D eigenvalue weighted by Gasteiger charge is 1.93. The van der Waals surface area contributed by atoms with Crippen molar-refractivity contribution in [2.45, 2.75) is 66.2 Å². The van der Waals surface area contributed by atoms with Crippen molar-refractivity contribution >= 4 is 15.7 Å². The highest BCUT2D eigenvalue weighted by Crippen LogP contribution is 2.13. The van der Waals surface area contributed by atoms with Crippen LogP contribution in [0, 0.1) is 0 Å².